The summed E-state index contributed by atoms with van der Waals surface area (Å²) in [6, 6.07) is 8.41. The molecule has 3 heteroatoms. The maximum Gasteiger partial charge on any atom is 0.228 e. The number of carbonyl (C=O) groups excluding carboxylic acids is 1. The molecule has 0 unspecified atom stereocenters. The molecule has 3 nitrogen and oxygen atoms in total. The molecule has 0 spiro atoms. The number of hydrogen-bond donors (Lipinski definition) is 2. The van der Waals surface area contributed by atoms with Crippen molar-refractivity contribution in [2.24, 2.45) is 5.73 Å². The SMILES string of the molecule is CC(C)(C)c1ccc(C2(C(N)=O)CCNCC2)cc1. The van der Waals surface area contributed by atoms with E-state index < -0.39 is 5.41 Å². The van der Waals surface area contributed by atoms with E-state index in [0.29, 0.717) is 0 Å². The summed E-state index contributed by atoms with van der Waals surface area (Å²) in [4.78, 5) is 12.0. The maximum absolute atomic E-state index is 12.0. The van der Waals surface area contributed by atoms with Crippen LogP contribution in [-0.2, 0) is 15.6 Å². The number of hydrogen-bond acceptors (Lipinski definition) is 2. The summed E-state index contributed by atoms with van der Waals surface area (Å²) in [5.41, 5.74) is 7.68. The second-order valence-electron chi connectivity index (χ2n) is 6.52. The van der Waals surface area contributed by atoms with Gasteiger partial charge in [0.1, 0.15) is 0 Å². The maximum atomic E-state index is 12.0. The molecule has 19 heavy (non-hydrogen) atoms. The number of nitrogens with one attached hydrogen (secondary N) is 1. The topological polar surface area (TPSA) is 55.1 Å². The van der Waals surface area contributed by atoms with E-state index in [1.165, 1.54) is 5.56 Å². The van der Waals surface area contributed by atoms with Crippen LogP contribution in [0, 0.1) is 0 Å². The van der Waals surface area contributed by atoms with Crippen molar-refractivity contribution < 1.29 is 4.79 Å². The number of nitrogens with two attached hydrogens (primary N) is 1. The Morgan fingerprint density at radius 3 is 2.11 bits per heavy atom. The van der Waals surface area contributed by atoms with Crippen LogP contribution in [-0.4, -0.2) is 19.0 Å². The number of amides is 1. The molecule has 3 N–H and O–H groups in total. The number of primary amides is 1. The van der Waals surface area contributed by atoms with Crippen molar-refractivity contribution in [2.75, 3.05) is 13.1 Å². The monoisotopic (exact) mass is 260 g/mol. The Balaban J connectivity index is 2.36. The summed E-state index contributed by atoms with van der Waals surface area (Å²) < 4.78 is 0. The fraction of sp³-hybridized carbons (Fsp3) is 0.562. The van der Waals surface area contributed by atoms with Gasteiger partial charge in [-0.15, -0.1) is 0 Å². The van der Waals surface area contributed by atoms with Gasteiger partial charge in [-0.1, -0.05) is 45.0 Å². The van der Waals surface area contributed by atoms with Crippen LogP contribution < -0.4 is 11.1 Å². The van der Waals surface area contributed by atoms with E-state index in [0.717, 1.165) is 31.5 Å². The number of benzene rings is 1. The van der Waals surface area contributed by atoms with E-state index in [-0.39, 0.29) is 11.3 Å². The third-order valence-electron chi connectivity index (χ3n) is 4.23. The van der Waals surface area contributed by atoms with Crippen LogP contribution in [0.2, 0.25) is 0 Å². The number of rotatable bonds is 2. The van der Waals surface area contributed by atoms with Gasteiger partial charge in [-0.05, 0) is 42.5 Å². The molecule has 0 bridgehead atoms. The van der Waals surface area contributed by atoms with Crippen molar-refractivity contribution in [3.63, 3.8) is 0 Å². The van der Waals surface area contributed by atoms with Gasteiger partial charge in [-0.3, -0.25) is 4.79 Å². The Morgan fingerprint density at radius 2 is 1.68 bits per heavy atom. The predicted molar refractivity (Wildman–Crippen MR) is 78.1 cm³/mol. The normalized spacial score (nSPS) is 19.1. The Labute approximate surface area is 115 Å². The predicted octanol–water partition coefficient (Wildman–Crippen LogP) is 2.09. The van der Waals surface area contributed by atoms with E-state index in [1.54, 1.807) is 0 Å². The summed E-state index contributed by atoms with van der Waals surface area (Å²) in [5.74, 6) is -0.197. The Hall–Kier alpha value is -1.35. The largest absolute Gasteiger partial charge is 0.369 e. The van der Waals surface area contributed by atoms with Crippen LogP contribution in [0.15, 0.2) is 24.3 Å². The molecule has 0 atom stereocenters. The van der Waals surface area contributed by atoms with Crippen LogP contribution in [0.3, 0.4) is 0 Å². The molecule has 0 radical (unpaired) electrons. The third kappa shape index (κ3) is 2.66. The van der Waals surface area contributed by atoms with Gasteiger partial charge >= 0.3 is 0 Å². The van der Waals surface area contributed by atoms with Gasteiger partial charge in [-0.25, -0.2) is 0 Å². The Bertz CT molecular complexity index is 451. The fourth-order valence-corrected chi connectivity index (χ4v) is 2.82. The van der Waals surface area contributed by atoms with Gasteiger partial charge in [0.25, 0.3) is 0 Å². The number of carbonyl (C=O) groups is 1. The lowest BCUT2D eigenvalue weighted by Gasteiger charge is -2.35. The average Bonchev–Trinajstić information content (AvgIpc) is 2.38. The van der Waals surface area contributed by atoms with Gasteiger partial charge in [-0.2, -0.15) is 0 Å². The van der Waals surface area contributed by atoms with E-state index in [1.807, 2.05) is 0 Å². The quantitative estimate of drug-likeness (QED) is 0.855. The first-order valence-corrected chi connectivity index (χ1v) is 6.98. The van der Waals surface area contributed by atoms with Crippen molar-refractivity contribution >= 4 is 5.91 Å². The first-order valence-electron chi connectivity index (χ1n) is 6.98. The first-order chi connectivity index (χ1) is 8.86. The molecule has 1 amide bonds. The zero-order valence-electron chi connectivity index (χ0n) is 12.1. The van der Waals surface area contributed by atoms with Crippen LogP contribution in [0.25, 0.3) is 0 Å². The molecule has 2 rings (SSSR count). The molecular formula is C16H24N2O. The summed E-state index contributed by atoms with van der Waals surface area (Å²) >= 11 is 0. The Kier molecular flexibility index (Phi) is 3.68. The zero-order chi connectivity index (χ0) is 14.1. The van der Waals surface area contributed by atoms with Crippen molar-refractivity contribution in [2.45, 2.75) is 44.4 Å². The number of piperidine rings is 1. The van der Waals surface area contributed by atoms with E-state index in [2.05, 4.69) is 50.4 Å². The summed E-state index contributed by atoms with van der Waals surface area (Å²) in [6.45, 7) is 8.27. The van der Waals surface area contributed by atoms with Crippen molar-refractivity contribution in [3.8, 4) is 0 Å². The molecule has 1 heterocycles. The summed E-state index contributed by atoms with van der Waals surface area (Å²) in [7, 11) is 0. The fourth-order valence-electron chi connectivity index (χ4n) is 2.82. The molecule has 1 aliphatic rings. The molecule has 1 fully saturated rings. The lowest BCUT2D eigenvalue weighted by molar-refractivity contribution is -0.124. The second-order valence-corrected chi connectivity index (χ2v) is 6.52. The van der Waals surface area contributed by atoms with Crippen molar-refractivity contribution in [1.29, 1.82) is 0 Å². The van der Waals surface area contributed by atoms with Crippen LogP contribution in [0.4, 0.5) is 0 Å². The summed E-state index contributed by atoms with van der Waals surface area (Å²) in [5, 5.41) is 3.29. The molecule has 1 aliphatic heterocycles. The van der Waals surface area contributed by atoms with Gasteiger partial charge < -0.3 is 11.1 Å². The van der Waals surface area contributed by atoms with E-state index in [4.69, 9.17) is 5.73 Å². The van der Waals surface area contributed by atoms with Gasteiger partial charge in [0.2, 0.25) is 5.91 Å². The molecule has 0 saturated carbocycles. The van der Waals surface area contributed by atoms with Crippen LogP contribution in [0.1, 0.15) is 44.7 Å². The molecule has 104 valence electrons. The van der Waals surface area contributed by atoms with E-state index >= 15 is 0 Å². The molecule has 1 aromatic carbocycles. The zero-order valence-corrected chi connectivity index (χ0v) is 12.1. The minimum absolute atomic E-state index is 0.131. The molecule has 0 aromatic heterocycles. The van der Waals surface area contributed by atoms with Gasteiger partial charge in [0, 0.05) is 0 Å². The Morgan fingerprint density at radius 1 is 1.16 bits per heavy atom. The van der Waals surface area contributed by atoms with Crippen molar-refractivity contribution in [1.82, 2.24) is 5.32 Å². The minimum Gasteiger partial charge on any atom is -0.369 e. The molecule has 1 aromatic rings. The molecule has 1 saturated heterocycles. The highest BCUT2D eigenvalue weighted by atomic mass is 16.1. The highest BCUT2D eigenvalue weighted by molar-refractivity contribution is 5.87. The standard InChI is InChI=1S/C16H24N2O/c1-15(2,3)12-4-6-13(7-5-12)16(14(17)19)8-10-18-11-9-16/h4-7,18H,8-11H2,1-3H3,(H2,17,19). The average molecular weight is 260 g/mol. The van der Waals surface area contributed by atoms with Gasteiger partial charge in [0.05, 0.1) is 5.41 Å². The summed E-state index contributed by atoms with van der Waals surface area (Å²) in [6.07, 6.45) is 1.58. The molecule has 0 aliphatic carbocycles. The molecular weight excluding hydrogens is 236 g/mol. The third-order valence-corrected chi connectivity index (χ3v) is 4.23. The lowest BCUT2D eigenvalue weighted by atomic mass is 9.72. The van der Waals surface area contributed by atoms with Crippen LogP contribution in [0.5, 0.6) is 0 Å². The van der Waals surface area contributed by atoms with Gasteiger partial charge in [0.15, 0.2) is 0 Å². The smallest absolute Gasteiger partial charge is 0.228 e. The van der Waals surface area contributed by atoms with Crippen molar-refractivity contribution in [3.05, 3.63) is 35.4 Å². The minimum atomic E-state index is -0.484. The second kappa shape index (κ2) is 4.97. The van der Waals surface area contributed by atoms with Crippen LogP contribution >= 0.6 is 0 Å². The lowest BCUT2D eigenvalue weighted by Crippen LogP contribution is -2.48. The highest BCUT2D eigenvalue weighted by Crippen LogP contribution is 2.34. The van der Waals surface area contributed by atoms with E-state index in [9.17, 15) is 4.79 Å². The first kappa shape index (κ1) is 14.1. The highest BCUT2D eigenvalue weighted by Gasteiger charge is 2.39.